The first-order valence-corrected chi connectivity index (χ1v) is 8.86. The first-order valence-electron chi connectivity index (χ1n) is 8.48. The summed E-state index contributed by atoms with van der Waals surface area (Å²) < 4.78 is 43.9. The predicted octanol–water partition coefficient (Wildman–Crippen LogP) is 4.65. The van der Waals surface area contributed by atoms with Crippen LogP contribution in [-0.4, -0.2) is 22.2 Å². The molecule has 148 valence electrons. The molecule has 1 aromatic heterocycles. The number of anilines is 1. The third kappa shape index (κ3) is 3.52. The minimum Gasteiger partial charge on any atom is -0.334 e. The zero-order chi connectivity index (χ0) is 20.8. The highest BCUT2D eigenvalue weighted by Gasteiger charge is 2.31. The van der Waals surface area contributed by atoms with E-state index >= 15 is 0 Å². The van der Waals surface area contributed by atoms with Gasteiger partial charge in [-0.15, -0.1) is 0 Å². The second kappa shape index (κ2) is 7.06. The van der Waals surface area contributed by atoms with Crippen LogP contribution < -0.4 is 5.01 Å². The number of halogens is 4. The number of nitriles is 1. The lowest BCUT2D eigenvalue weighted by Gasteiger charge is -2.25. The molecule has 29 heavy (non-hydrogen) atoms. The molecule has 0 radical (unpaired) electrons. The number of fused-ring (bicyclic) bond motifs is 1. The van der Waals surface area contributed by atoms with Crippen molar-refractivity contribution in [3.05, 3.63) is 63.9 Å². The maximum absolute atomic E-state index is 12.9. The van der Waals surface area contributed by atoms with Crippen LogP contribution in [0, 0.1) is 11.3 Å². The van der Waals surface area contributed by atoms with Gasteiger partial charge in [-0.05, 0) is 30.3 Å². The molecule has 0 bridgehead atoms. The van der Waals surface area contributed by atoms with E-state index in [1.807, 2.05) is 17.1 Å². The van der Waals surface area contributed by atoms with Gasteiger partial charge in [0.15, 0.2) is 5.82 Å². The van der Waals surface area contributed by atoms with Gasteiger partial charge in [0.2, 0.25) is 0 Å². The Bertz CT molecular complexity index is 1120. The van der Waals surface area contributed by atoms with E-state index in [0.717, 1.165) is 23.4 Å². The average molecular weight is 420 g/mol. The fourth-order valence-electron chi connectivity index (χ4n) is 3.19. The zero-order valence-corrected chi connectivity index (χ0v) is 15.8. The number of rotatable bonds is 3. The maximum atomic E-state index is 12.9. The molecule has 1 aliphatic heterocycles. The van der Waals surface area contributed by atoms with E-state index in [-0.39, 0.29) is 18.0 Å². The van der Waals surface area contributed by atoms with Crippen LogP contribution in [0.15, 0.2) is 40.9 Å². The summed E-state index contributed by atoms with van der Waals surface area (Å²) in [6.07, 6.45) is -4.46. The Hall–Kier alpha value is -3.09. The zero-order valence-electron chi connectivity index (χ0n) is 15.0. The molecule has 0 fully saturated rings. The molecule has 4 rings (SSSR count). The van der Waals surface area contributed by atoms with Gasteiger partial charge in [-0.2, -0.15) is 23.4 Å². The topological polar surface area (TPSA) is 69.2 Å². The van der Waals surface area contributed by atoms with Crippen molar-refractivity contribution >= 4 is 17.3 Å². The Morgan fingerprint density at radius 3 is 2.79 bits per heavy atom. The van der Waals surface area contributed by atoms with Gasteiger partial charge in [-0.3, -0.25) is 5.01 Å². The van der Waals surface area contributed by atoms with Crippen molar-refractivity contribution in [3.63, 3.8) is 0 Å². The average Bonchev–Trinajstić information content (AvgIpc) is 3.28. The van der Waals surface area contributed by atoms with Gasteiger partial charge in [0.1, 0.15) is 6.07 Å². The van der Waals surface area contributed by atoms with Gasteiger partial charge in [0, 0.05) is 24.7 Å². The summed E-state index contributed by atoms with van der Waals surface area (Å²) >= 11 is 6.31. The van der Waals surface area contributed by atoms with Crippen LogP contribution in [0.1, 0.15) is 22.5 Å². The molecule has 0 spiro atoms. The Morgan fingerprint density at radius 1 is 1.28 bits per heavy atom. The fraction of sp³-hybridized carbons (Fsp3) is 0.211. The third-order valence-electron chi connectivity index (χ3n) is 4.61. The highest BCUT2D eigenvalue weighted by Crippen LogP contribution is 2.38. The number of nitrogens with zero attached hydrogens (tertiary/aromatic N) is 5. The van der Waals surface area contributed by atoms with Crippen LogP contribution in [0.4, 0.5) is 18.9 Å². The van der Waals surface area contributed by atoms with Gasteiger partial charge in [0.25, 0.3) is 5.89 Å². The van der Waals surface area contributed by atoms with E-state index in [0.29, 0.717) is 23.0 Å². The Morgan fingerprint density at radius 2 is 2.07 bits per heavy atom. The lowest BCUT2D eigenvalue weighted by Crippen LogP contribution is -2.34. The second-order valence-electron chi connectivity index (χ2n) is 6.50. The van der Waals surface area contributed by atoms with Crippen molar-refractivity contribution in [1.29, 1.82) is 5.26 Å². The van der Waals surface area contributed by atoms with Crippen LogP contribution in [0.5, 0.6) is 0 Å². The van der Waals surface area contributed by atoms with Crippen LogP contribution >= 0.6 is 11.6 Å². The Kier molecular flexibility index (Phi) is 4.68. The first kappa shape index (κ1) is 19.2. The largest absolute Gasteiger partial charge is 0.416 e. The summed E-state index contributed by atoms with van der Waals surface area (Å²) in [6, 6.07) is 10.2. The minimum atomic E-state index is -4.46. The van der Waals surface area contributed by atoms with E-state index < -0.39 is 11.7 Å². The molecule has 2 heterocycles. The molecule has 0 saturated heterocycles. The molecular weight excluding hydrogens is 407 g/mol. The van der Waals surface area contributed by atoms with E-state index in [1.54, 1.807) is 12.1 Å². The quantitative estimate of drug-likeness (QED) is 0.615. The number of hydrogen-bond donors (Lipinski definition) is 0. The van der Waals surface area contributed by atoms with E-state index in [1.165, 1.54) is 12.1 Å². The summed E-state index contributed by atoms with van der Waals surface area (Å²) in [5.41, 5.74) is 1.42. The molecule has 6 nitrogen and oxygen atoms in total. The van der Waals surface area contributed by atoms with Crippen LogP contribution in [0.3, 0.4) is 0 Å². The van der Waals surface area contributed by atoms with Crippen LogP contribution in [0.2, 0.25) is 5.02 Å². The van der Waals surface area contributed by atoms with Crippen LogP contribution in [0.25, 0.3) is 11.5 Å². The van der Waals surface area contributed by atoms with Crippen molar-refractivity contribution in [1.82, 2.24) is 15.1 Å². The number of benzene rings is 2. The molecule has 0 N–H and O–H groups in total. The molecule has 0 aliphatic carbocycles. The SMILES string of the molecule is CN1Cc2c(ccc(C#N)c2Cl)N1Cc1noc(-c2cccc(C(F)(F)F)c2)n1. The van der Waals surface area contributed by atoms with E-state index in [9.17, 15) is 13.2 Å². The normalized spacial score (nSPS) is 14.1. The van der Waals surface area contributed by atoms with Crippen molar-refractivity contribution in [2.24, 2.45) is 0 Å². The number of alkyl halides is 3. The highest BCUT2D eigenvalue weighted by atomic mass is 35.5. The monoisotopic (exact) mass is 419 g/mol. The summed E-state index contributed by atoms with van der Waals surface area (Å²) in [5.74, 6) is 0.309. The molecule has 10 heteroatoms. The smallest absolute Gasteiger partial charge is 0.334 e. The first-order chi connectivity index (χ1) is 13.8. The predicted molar refractivity (Wildman–Crippen MR) is 98.6 cm³/mol. The lowest BCUT2D eigenvalue weighted by molar-refractivity contribution is -0.137. The Labute approximate surface area is 168 Å². The van der Waals surface area contributed by atoms with E-state index in [2.05, 4.69) is 16.2 Å². The van der Waals surface area contributed by atoms with Gasteiger partial charge in [0.05, 0.1) is 28.4 Å². The third-order valence-corrected chi connectivity index (χ3v) is 5.04. The molecule has 3 aromatic rings. The van der Waals surface area contributed by atoms with Crippen molar-refractivity contribution in [3.8, 4) is 17.5 Å². The molecule has 0 amide bonds. The molecule has 1 aliphatic rings. The van der Waals surface area contributed by atoms with Gasteiger partial charge in [-0.1, -0.05) is 22.8 Å². The van der Waals surface area contributed by atoms with Gasteiger partial charge < -0.3 is 4.52 Å². The van der Waals surface area contributed by atoms with Crippen molar-refractivity contribution < 1.29 is 17.7 Å². The van der Waals surface area contributed by atoms with Crippen molar-refractivity contribution in [2.75, 3.05) is 12.1 Å². The van der Waals surface area contributed by atoms with Crippen LogP contribution in [-0.2, 0) is 19.3 Å². The summed E-state index contributed by atoms with van der Waals surface area (Å²) in [4.78, 5) is 4.23. The van der Waals surface area contributed by atoms with E-state index in [4.69, 9.17) is 21.4 Å². The maximum Gasteiger partial charge on any atom is 0.416 e. The summed E-state index contributed by atoms with van der Waals surface area (Å²) in [6.45, 7) is 0.732. The summed E-state index contributed by atoms with van der Waals surface area (Å²) in [5, 5.41) is 17.2. The van der Waals surface area contributed by atoms with Gasteiger partial charge >= 0.3 is 6.18 Å². The number of aromatic nitrogens is 2. The summed E-state index contributed by atoms with van der Waals surface area (Å²) in [7, 11) is 1.84. The fourth-order valence-corrected chi connectivity index (χ4v) is 3.45. The molecular formula is C19H13ClF3N5O. The standard InChI is InChI=1S/C19H13ClF3N5O/c1-27-9-14-15(6-5-12(8-24)17(14)20)28(27)10-16-25-18(29-26-16)11-3-2-4-13(7-11)19(21,22)23/h2-7H,9-10H2,1H3. The molecule has 0 saturated carbocycles. The second-order valence-corrected chi connectivity index (χ2v) is 6.88. The minimum absolute atomic E-state index is 0.00559. The Balaban J connectivity index is 1.60. The number of hydrogen-bond acceptors (Lipinski definition) is 6. The van der Waals surface area contributed by atoms with Crippen molar-refractivity contribution in [2.45, 2.75) is 19.3 Å². The number of hydrazine groups is 1. The molecule has 0 atom stereocenters. The molecule has 2 aromatic carbocycles. The highest BCUT2D eigenvalue weighted by molar-refractivity contribution is 6.33. The molecule has 0 unspecified atom stereocenters. The van der Waals surface area contributed by atoms with Gasteiger partial charge in [-0.25, -0.2) is 5.01 Å². The lowest BCUT2D eigenvalue weighted by atomic mass is 10.1.